The first-order valence-electron chi connectivity index (χ1n) is 7.49. The minimum Gasteiger partial charge on any atom is -0.497 e. The maximum Gasteiger partial charge on any atom is 0.336 e. The van der Waals surface area contributed by atoms with Crippen molar-refractivity contribution in [1.29, 1.82) is 0 Å². The summed E-state index contributed by atoms with van der Waals surface area (Å²) in [6.07, 6.45) is 1.59. The van der Waals surface area contributed by atoms with E-state index in [0.717, 1.165) is 11.3 Å². The van der Waals surface area contributed by atoms with Gasteiger partial charge in [0, 0.05) is 5.56 Å². The molecule has 0 saturated heterocycles. The largest absolute Gasteiger partial charge is 0.497 e. The summed E-state index contributed by atoms with van der Waals surface area (Å²) < 4.78 is 15.9. The van der Waals surface area contributed by atoms with Crippen molar-refractivity contribution >= 4 is 17.6 Å². The van der Waals surface area contributed by atoms with E-state index in [2.05, 4.69) is 0 Å². The van der Waals surface area contributed by atoms with E-state index >= 15 is 0 Å². The lowest BCUT2D eigenvalue weighted by Gasteiger charge is -2.11. The third kappa shape index (κ3) is 4.07. The van der Waals surface area contributed by atoms with Crippen molar-refractivity contribution in [3.63, 3.8) is 0 Å². The van der Waals surface area contributed by atoms with Gasteiger partial charge in [-0.2, -0.15) is 0 Å². The molecule has 0 aliphatic rings. The van der Waals surface area contributed by atoms with Crippen LogP contribution in [0.5, 0.6) is 17.2 Å². The van der Waals surface area contributed by atoms with Gasteiger partial charge in [0.25, 0.3) is 0 Å². The zero-order chi connectivity index (χ0) is 17.5. The molecule has 0 saturated carbocycles. The normalized spacial score (nSPS) is 11.0. The molecule has 0 amide bonds. The van der Waals surface area contributed by atoms with Crippen molar-refractivity contribution < 1.29 is 24.1 Å². The van der Waals surface area contributed by atoms with E-state index in [1.54, 1.807) is 48.5 Å². The molecular formula is C19H20O5. The predicted molar refractivity (Wildman–Crippen MR) is 92.7 cm³/mol. The molecule has 2 aromatic carbocycles. The van der Waals surface area contributed by atoms with E-state index < -0.39 is 5.97 Å². The van der Waals surface area contributed by atoms with Crippen LogP contribution in [0.25, 0.3) is 11.6 Å². The van der Waals surface area contributed by atoms with Gasteiger partial charge < -0.3 is 19.3 Å². The van der Waals surface area contributed by atoms with Crippen LogP contribution in [0.4, 0.5) is 0 Å². The fourth-order valence-corrected chi connectivity index (χ4v) is 2.27. The Bertz CT molecular complexity index is 732. The standard InChI is InChI=1S/C19H20O5/c1-4-24-14-7-5-13(6-8-14)11-17(19(20)21)16-12-15(22-2)9-10-18(16)23-3/h5-12H,4H2,1-3H3,(H,20,21)/b17-11-. The highest BCUT2D eigenvalue weighted by Gasteiger charge is 2.16. The molecule has 0 aromatic heterocycles. The highest BCUT2D eigenvalue weighted by Crippen LogP contribution is 2.31. The molecule has 5 nitrogen and oxygen atoms in total. The molecule has 126 valence electrons. The molecule has 1 N–H and O–H groups in total. The van der Waals surface area contributed by atoms with E-state index in [1.807, 2.05) is 6.92 Å². The molecule has 0 heterocycles. The molecule has 24 heavy (non-hydrogen) atoms. The summed E-state index contributed by atoms with van der Waals surface area (Å²) in [6, 6.07) is 12.3. The zero-order valence-electron chi connectivity index (χ0n) is 13.9. The Morgan fingerprint density at radius 1 is 1.04 bits per heavy atom. The highest BCUT2D eigenvalue weighted by molar-refractivity contribution is 6.21. The van der Waals surface area contributed by atoms with Gasteiger partial charge in [0.1, 0.15) is 17.2 Å². The lowest BCUT2D eigenvalue weighted by molar-refractivity contribution is -0.130. The number of ether oxygens (including phenoxy) is 3. The highest BCUT2D eigenvalue weighted by atomic mass is 16.5. The van der Waals surface area contributed by atoms with Gasteiger partial charge in [-0.3, -0.25) is 0 Å². The van der Waals surface area contributed by atoms with Crippen LogP contribution in [-0.4, -0.2) is 31.9 Å². The molecule has 2 rings (SSSR count). The Morgan fingerprint density at radius 2 is 1.71 bits per heavy atom. The number of aliphatic carboxylic acids is 1. The van der Waals surface area contributed by atoms with Crippen LogP contribution < -0.4 is 14.2 Å². The Labute approximate surface area is 141 Å². The number of benzene rings is 2. The summed E-state index contributed by atoms with van der Waals surface area (Å²) in [5, 5.41) is 9.62. The van der Waals surface area contributed by atoms with Gasteiger partial charge in [-0.05, 0) is 48.9 Å². The third-order valence-electron chi connectivity index (χ3n) is 3.43. The first kappa shape index (κ1) is 17.4. The van der Waals surface area contributed by atoms with Gasteiger partial charge in [0.2, 0.25) is 0 Å². The second kappa shape index (κ2) is 8.06. The van der Waals surface area contributed by atoms with Gasteiger partial charge in [-0.15, -0.1) is 0 Å². The minimum absolute atomic E-state index is 0.120. The molecule has 0 radical (unpaired) electrons. The summed E-state index contributed by atoms with van der Waals surface area (Å²) >= 11 is 0. The molecule has 0 aliphatic carbocycles. The molecule has 0 atom stereocenters. The Balaban J connectivity index is 2.47. The maximum absolute atomic E-state index is 11.8. The van der Waals surface area contributed by atoms with Gasteiger partial charge >= 0.3 is 5.97 Å². The number of methoxy groups -OCH3 is 2. The van der Waals surface area contributed by atoms with E-state index in [4.69, 9.17) is 14.2 Å². The van der Waals surface area contributed by atoms with Crippen molar-refractivity contribution in [2.45, 2.75) is 6.92 Å². The summed E-state index contributed by atoms with van der Waals surface area (Å²) in [4.78, 5) is 11.8. The van der Waals surface area contributed by atoms with E-state index in [1.165, 1.54) is 14.2 Å². The Hall–Kier alpha value is -2.95. The van der Waals surface area contributed by atoms with Gasteiger partial charge in [-0.1, -0.05) is 12.1 Å². The van der Waals surface area contributed by atoms with E-state index in [0.29, 0.717) is 23.7 Å². The first-order chi connectivity index (χ1) is 11.6. The van der Waals surface area contributed by atoms with Crippen LogP contribution in [0.2, 0.25) is 0 Å². The van der Waals surface area contributed by atoms with Crippen LogP contribution in [0, 0.1) is 0 Å². The number of carbonyl (C=O) groups is 1. The molecule has 0 aliphatic heterocycles. The fourth-order valence-electron chi connectivity index (χ4n) is 2.27. The van der Waals surface area contributed by atoms with E-state index in [-0.39, 0.29) is 5.57 Å². The number of hydrogen-bond acceptors (Lipinski definition) is 4. The second-order valence-corrected chi connectivity index (χ2v) is 4.93. The molecular weight excluding hydrogens is 308 g/mol. The summed E-state index contributed by atoms with van der Waals surface area (Å²) in [5.74, 6) is 0.723. The van der Waals surface area contributed by atoms with Crippen LogP contribution in [0.1, 0.15) is 18.1 Å². The number of rotatable bonds is 7. The predicted octanol–water partition coefficient (Wildman–Crippen LogP) is 3.73. The number of carboxylic acids is 1. The van der Waals surface area contributed by atoms with Crippen molar-refractivity contribution in [3.05, 3.63) is 53.6 Å². The molecule has 0 bridgehead atoms. The van der Waals surface area contributed by atoms with Crippen molar-refractivity contribution in [2.24, 2.45) is 0 Å². The van der Waals surface area contributed by atoms with Crippen molar-refractivity contribution in [1.82, 2.24) is 0 Å². The van der Waals surface area contributed by atoms with Crippen LogP contribution in [0.3, 0.4) is 0 Å². The van der Waals surface area contributed by atoms with Crippen LogP contribution in [-0.2, 0) is 4.79 Å². The average molecular weight is 328 g/mol. The van der Waals surface area contributed by atoms with Crippen LogP contribution >= 0.6 is 0 Å². The first-order valence-corrected chi connectivity index (χ1v) is 7.49. The second-order valence-electron chi connectivity index (χ2n) is 4.93. The lowest BCUT2D eigenvalue weighted by atomic mass is 10.0. The van der Waals surface area contributed by atoms with Gasteiger partial charge in [0.15, 0.2) is 0 Å². The monoisotopic (exact) mass is 328 g/mol. The molecule has 0 spiro atoms. The number of hydrogen-bond donors (Lipinski definition) is 1. The van der Waals surface area contributed by atoms with Crippen molar-refractivity contribution in [2.75, 3.05) is 20.8 Å². The third-order valence-corrected chi connectivity index (χ3v) is 3.43. The minimum atomic E-state index is -1.05. The maximum atomic E-state index is 11.8. The fraction of sp³-hybridized carbons (Fsp3) is 0.211. The van der Waals surface area contributed by atoms with E-state index in [9.17, 15) is 9.90 Å². The molecule has 0 unspecified atom stereocenters. The number of carboxylic acid groups (broad SMARTS) is 1. The zero-order valence-corrected chi connectivity index (χ0v) is 13.9. The average Bonchev–Trinajstić information content (AvgIpc) is 2.60. The Kier molecular flexibility index (Phi) is 5.84. The van der Waals surface area contributed by atoms with Gasteiger partial charge in [-0.25, -0.2) is 4.79 Å². The lowest BCUT2D eigenvalue weighted by Crippen LogP contribution is -2.02. The summed E-state index contributed by atoms with van der Waals surface area (Å²) in [6.45, 7) is 2.49. The van der Waals surface area contributed by atoms with Crippen molar-refractivity contribution in [3.8, 4) is 17.2 Å². The molecule has 0 fully saturated rings. The quantitative estimate of drug-likeness (QED) is 0.620. The summed E-state index contributed by atoms with van der Waals surface area (Å²) in [7, 11) is 3.03. The SMILES string of the molecule is CCOc1ccc(/C=C(\C(=O)O)c2cc(OC)ccc2OC)cc1. The smallest absolute Gasteiger partial charge is 0.336 e. The topological polar surface area (TPSA) is 65.0 Å². The summed E-state index contributed by atoms with van der Waals surface area (Å²) in [5.41, 5.74) is 1.33. The van der Waals surface area contributed by atoms with Gasteiger partial charge in [0.05, 0.1) is 26.4 Å². The molecule has 5 heteroatoms. The van der Waals surface area contributed by atoms with Crippen LogP contribution in [0.15, 0.2) is 42.5 Å². The molecule has 2 aromatic rings. The Morgan fingerprint density at radius 3 is 2.25 bits per heavy atom.